The molecule has 0 amide bonds. The summed E-state index contributed by atoms with van der Waals surface area (Å²) in [4.78, 5) is 23.3. The molecule has 3 rings (SSSR count). The number of benzene rings is 1. The van der Waals surface area contributed by atoms with Crippen LogP contribution in [0.1, 0.15) is 23.2 Å². The van der Waals surface area contributed by atoms with Crippen molar-refractivity contribution in [2.45, 2.75) is 25.0 Å². The Kier molecular flexibility index (Phi) is 3.44. The van der Waals surface area contributed by atoms with Crippen LogP contribution >= 0.6 is 0 Å². The molecule has 20 heavy (non-hydrogen) atoms. The molecule has 1 unspecified atom stereocenters. The zero-order valence-corrected chi connectivity index (χ0v) is 10.9. The van der Waals surface area contributed by atoms with E-state index in [2.05, 4.69) is 0 Å². The molecule has 1 saturated carbocycles. The Morgan fingerprint density at radius 2 is 2.10 bits per heavy atom. The summed E-state index contributed by atoms with van der Waals surface area (Å²) in [5, 5.41) is 9.50. The average Bonchev–Trinajstić information content (AvgIpc) is 2.95. The fourth-order valence-corrected chi connectivity index (χ4v) is 3.13. The molecular formula is C15H16O5. The van der Waals surface area contributed by atoms with E-state index >= 15 is 0 Å². The van der Waals surface area contributed by atoms with E-state index < -0.39 is 12.1 Å². The first kappa shape index (κ1) is 13.1. The molecule has 4 atom stereocenters. The first-order chi connectivity index (χ1) is 9.69. The summed E-state index contributed by atoms with van der Waals surface area (Å²) in [7, 11) is 0. The minimum absolute atomic E-state index is 0.0407. The van der Waals surface area contributed by atoms with Gasteiger partial charge < -0.3 is 14.6 Å². The van der Waals surface area contributed by atoms with Crippen LogP contribution in [0.2, 0.25) is 0 Å². The van der Waals surface area contributed by atoms with E-state index in [0.29, 0.717) is 18.4 Å². The molecule has 1 heterocycles. The number of hydrogen-bond acceptors (Lipinski definition) is 5. The van der Waals surface area contributed by atoms with Crippen molar-refractivity contribution >= 4 is 11.9 Å². The van der Waals surface area contributed by atoms with Crippen molar-refractivity contribution in [3.05, 3.63) is 35.9 Å². The molecule has 1 N–H and O–H groups in total. The van der Waals surface area contributed by atoms with Gasteiger partial charge in [0, 0.05) is 24.9 Å². The van der Waals surface area contributed by atoms with Crippen LogP contribution in [0.5, 0.6) is 0 Å². The van der Waals surface area contributed by atoms with Gasteiger partial charge in [-0.3, -0.25) is 4.79 Å². The maximum absolute atomic E-state index is 12.0. The summed E-state index contributed by atoms with van der Waals surface area (Å²) in [6.07, 6.45) is 0.152. The van der Waals surface area contributed by atoms with Crippen molar-refractivity contribution in [2.75, 3.05) is 6.61 Å². The average molecular weight is 276 g/mol. The first-order valence-corrected chi connectivity index (χ1v) is 6.75. The van der Waals surface area contributed by atoms with Gasteiger partial charge in [-0.2, -0.15) is 0 Å². The van der Waals surface area contributed by atoms with Gasteiger partial charge in [-0.1, -0.05) is 18.2 Å². The summed E-state index contributed by atoms with van der Waals surface area (Å²) < 4.78 is 10.7. The standard InChI is InChI=1S/C15H16O5/c16-8-11-10-6-14(17)19-12(10)7-13(11)20-15(18)9-4-2-1-3-5-9/h1-5,10-13,16H,6-8H2/t10-,11-,12?,13-/m1/s1. The second kappa shape index (κ2) is 5.25. The number of aliphatic hydroxyl groups excluding tert-OH is 1. The minimum Gasteiger partial charge on any atom is -0.462 e. The molecule has 2 aliphatic rings. The van der Waals surface area contributed by atoms with Gasteiger partial charge in [0.2, 0.25) is 0 Å². The van der Waals surface area contributed by atoms with E-state index in [0.717, 1.165) is 0 Å². The van der Waals surface area contributed by atoms with Crippen LogP contribution in [0, 0.1) is 11.8 Å². The highest BCUT2D eigenvalue weighted by atomic mass is 16.6. The maximum atomic E-state index is 12.0. The highest BCUT2D eigenvalue weighted by Gasteiger charge is 2.51. The van der Waals surface area contributed by atoms with Gasteiger partial charge in [0.05, 0.1) is 12.0 Å². The third-order valence-corrected chi connectivity index (χ3v) is 4.13. The lowest BCUT2D eigenvalue weighted by atomic mass is 9.93. The van der Waals surface area contributed by atoms with Crippen LogP contribution in [-0.2, 0) is 14.3 Å². The quantitative estimate of drug-likeness (QED) is 0.839. The Morgan fingerprint density at radius 1 is 1.35 bits per heavy atom. The van der Waals surface area contributed by atoms with Crippen LogP contribution < -0.4 is 0 Å². The Balaban J connectivity index is 1.69. The summed E-state index contributed by atoms with van der Waals surface area (Å²) in [5.74, 6) is -0.896. The predicted molar refractivity (Wildman–Crippen MR) is 68.8 cm³/mol. The van der Waals surface area contributed by atoms with Gasteiger partial charge in [-0.05, 0) is 12.1 Å². The molecule has 1 saturated heterocycles. The van der Waals surface area contributed by atoms with Crippen LogP contribution in [0.25, 0.3) is 0 Å². The van der Waals surface area contributed by atoms with Gasteiger partial charge in [-0.15, -0.1) is 0 Å². The number of ether oxygens (including phenoxy) is 2. The van der Waals surface area contributed by atoms with Crippen molar-refractivity contribution in [1.82, 2.24) is 0 Å². The van der Waals surface area contributed by atoms with Gasteiger partial charge in [0.15, 0.2) is 0 Å². The predicted octanol–water partition coefficient (Wildman–Crippen LogP) is 1.16. The van der Waals surface area contributed by atoms with Gasteiger partial charge >= 0.3 is 11.9 Å². The topological polar surface area (TPSA) is 72.8 Å². The van der Waals surface area contributed by atoms with E-state index in [1.807, 2.05) is 6.07 Å². The molecule has 1 aromatic rings. The summed E-state index contributed by atoms with van der Waals surface area (Å²) in [6.45, 7) is -0.107. The van der Waals surface area contributed by atoms with E-state index in [-0.39, 0.29) is 30.5 Å². The zero-order valence-electron chi connectivity index (χ0n) is 10.9. The smallest absolute Gasteiger partial charge is 0.338 e. The molecule has 0 radical (unpaired) electrons. The molecule has 1 aromatic carbocycles. The van der Waals surface area contributed by atoms with Crippen LogP contribution in [0.4, 0.5) is 0 Å². The van der Waals surface area contributed by atoms with Crippen LogP contribution in [0.15, 0.2) is 30.3 Å². The molecule has 2 fully saturated rings. The second-order valence-electron chi connectivity index (χ2n) is 5.29. The Bertz CT molecular complexity index is 512. The number of carbonyl (C=O) groups is 2. The molecule has 0 aromatic heterocycles. The SMILES string of the molecule is O=C1C[C@H]2C(C[C@@H](OC(=O)c3ccccc3)[C@@H]2CO)O1. The van der Waals surface area contributed by atoms with Crippen molar-refractivity contribution in [2.24, 2.45) is 11.8 Å². The number of hydrogen-bond donors (Lipinski definition) is 1. The summed E-state index contributed by atoms with van der Waals surface area (Å²) >= 11 is 0. The summed E-state index contributed by atoms with van der Waals surface area (Å²) in [5.41, 5.74) is 0.484. The molecule has 5 nitrogen and oxygen atoms in total. The first-order valence-electron chi connectivity index (χ1n) is 6.75. The Morgan fingerprint density at radius 3 is 2.80 bits per heavy atom. The zero-order chi connectivity index (χ0) is 14.1. The normalized spacial score (nSPS) is 31.8. The van der Waals surface area contributed by atoms with Crippen molar-refractivity contribution in [1.29, 1.82) is 0 Å². The largest absolute Gasteiger partial charge is 0.462 e. The highest BCUT2D eigenvalue weighted by molar-refractivity contribution is 5.89. The molecule has 106 valence electrons. The number of rotatable bonds is 3. The van der Waals surface area contributed by atoms with Gasteiger partial charge in [0.25, 0.3) is 0 Å². The Hall–Kier alpha value is -1.88. The lowest BCUT2D eigenvalue weighted by molar-refractivity contribution is -0.141. The van der Waals surface area contributed by atoms with Crippen molar-refractivity contribution in [3.63, 3.8) is 0 Å². The third-order valence-electron chi connectivity index (χ3n) is 4.13. The van der Waals surface area contributed by atoms with Crippen LogP contribution in [-0.4, -0.2) is 35.9 Å². The fraction of sp³-hybridized carbons (Fsp3) is 0.467. The summed E-state index contributed by atoms with van der Waals surface area (Å²) in [6, 6.07) is 8.74. The number of carbonyl (C=O) groups excluding carboxylic acids is 2. The Labute approximate surface area is 116 Å². The number of fused-ring (bicyclic) bond motifs is 1. The molecule has 0 bridgehead atoms. The second-order valence-corrected chi connectivity index (χ2v) is 5.29. The molecule has 1 aliphatic carbocycles. The van der Waals surface area contributed by atoms with Crippen LogP contribution in [0.3, 0.4) is 0 Å². The van der Waals surface area contributed by atoms with Gasteiger partial charge in [-0.25, -0.2) is 4.79 Å². The third kappa shape index (κ3) is 2.29. The lowest BCUT2D eigenvalue weighted by Crippen LogP contribution is -2.28. The van der Waals surface area contributed by atoms with E-state index in [1.165, 1.54) is 0 Å². The fourth-order valence-electron chi connectivity index (χ4n) is 3.13. The van der Waals surface area contributed by atoms with Gasteiger partial charge in [0.1, 0.15) is 12.2 Å². The molecule has 5 heteroatoms. The minimum atomic E-state index is -0.402. The highest BCUT2D eigenvalue weighted by Crippen LogP contribution is 2.42. The molecule has 1 aliphatic heterocycles. The van der Waals surface area contributed by atoms with E-state index in [1.54, 1.807) is 24.3 Å². The molecular weight excluding hydrogens is 260 g/mol. The van der Waals surface area contributed by atoms with E-state index in [9.17, 15) is 14.7 Å². The maximum Gasteiger partial charge on any atom is 0.338 e. The van der Waals surface area contributed by atoms with Crippen molar-refractivity contribution in [3.8, 4) is 0 Å². The number of esters is 2. The lowest BCUT2D eigenvalue weighted by Gasteiger charge is -2.20. The number of aliphatic hydroxyl groups is 1. The molecule has 0 spiro atoms. The van der Waals surface area contributed by atoms with Crippen molar-refractivity contribution < 1.29 is 24.2 Å². The monoisotopic (exact) mass is 276 g/mol. The van der Waals surface area contributed by atoms with E-state index in [4.69, 9.17) is 9.47 Å².